The molecule has 1 aliphatic carbocycles. The first kappa shape index (κ1) is 15.3. The van der Waals surface area contributed by atoms with Crippen LogP contribution in [0.4, 0.5) is 0 Å². The van der Waals surface area contributed by atoms with E-state index in [9.17, 15) is 0 Å². The SMILES string of the molecule is CCNC(CC(C)COC)c1cccc(OC2CC2)c1. The molecule has 112 valence electrons. The Labute approximate surface area is 122 Å². The van der Waals surface area contributed by atoms with Crippen LogP contribution < -0.4 is 10.1 Å². The van der Waals surface area contributed by atoms with Gasteiger partial charge in [0.15, 0.2) is 0 Å². The number of hydrogen-bond acceptors (Lipinski definition) is 3. The van der Waals surface area contributed by atoms with Crippen molar-refractivity contribution in [3.05, 3.63) is 29.8 Å². The van der Waals surface area contributed by atoms with Crippen molar-refractivity contribution in [3.8, 4) is 5.75 Å². The van der Waals surface area contributed by atoms with Crippen LogP contribution in [0.15, 0.2) is 24.3 Å². The van der Waals surface area contributed by atoms with Crippen LogP contribution >= 0.6 is 0 Å². The van der Waals surface area contributed by atoms with E-state index in [0.717, 1.165) is 25.3 Å². The third-order valence-corrected chi connectivity index (χ3v) is 3.63. The van der Waals surface area contributed by atoms with Crippen molar-refractivity contribution >= 4 is 0 Å². The molecular formula is C17H27NO2. The molecule has 1 aliphatic rings. The summed E-state index contributed by atoms with van der Waals surface area (Å²) in [5.74, 6) is 1.55. The maximum atomic E-state index is 5.89. The molecular weight excluding hydrogens is 250 g/mol. The predicted molar refractivity (Wildman–Crippen MR) is 82.2 cm³/mol. The van der Waals surface area contributed by atoms with E-state index in [1.807, 2.05) is 0 Å². The molecule has 0 amide bonds. The minimum atomic E-state index is 0.368. The molecule has 0 aliphatic heterocycles. The van der Waals surface area contributed by atoms with Gasteiger partial charge in [0, 0.05) is 19.8 Å². The van der Waals surface area contributed by atoms with E-state index in [2.05, 4.69) is 43.4 Å². The maximum absolute atomic E-state index is 5.89. The highest BCUT2D eigenvalue weighted by molar-refractivity contribution is 5.31. The first-order chi connectivity index (χ1) is 9.72. The van der Waals surface area contributed by atoms with Crippen molar-refractivity contribution < 1.29 is 9.47 Å². The third kappa shape index (κ3) is 4.80. The Morgan fingerprint density at radius 2 is 2.15 bits per heavy atom. The molecule has 2 atom stereocenters. The van der Waals surface area contributed by atoms with E-state index in [-0.39, 0.29) is 0 Å². The lowest BCUT2D eigenvalue weighted by Gasteiger charge is -2.22. The number of benzene rings is 1. The van der Waals surface area contributed by atoms with Gasteiger partial charge in [0.05, 0.1) is 6.10 Å². The zero-order valence-corrected chi connectivity index (χ0v) is 12.9. The number of rotatable bonds is 9. The Balaban J connectivity index is 2.02. The average Bonchev–Trinajstić information content (AvgIpc) is 3.23. The summed E-state index contributed by atoms with van der Waals surface area (Å²) < 4.78 is 11.1. The molecule has 0 saturated heterocycles. The first-order valence-corrected chi connectivity index (χ1v) is 7.71. The second-order valence-corrected chi connectivity index (χ2v) is 5.80. The van der Waals surface area contributed by atoms with Gasteiger partial charge in [-0.15, -0.1) is 0 Å². The van der Waals surface area contributed by atoms with Crippen LogP contribution in [0.25, 0.3) is 0 Å². The molecule has 2 rings (SSSR count). The largest absolute Gasteiger partial charge is 0.490 e. The minimum absolute atomic E-state index is 0.368. The lowest BCUT2D eigenvalue weighted by Crippen LogP contribution is -2.24. The summed E-state index contributed by atoms with van der Waals surface area (Å²) in [5.41, 5.74) is 1.31. The van der Waals surface area contributed by atoms with E-state index in [4.69, 9.17) is 9.47 Å². The highest BCUT2D eigenvalue weighted by Crippen LogP contribution is 2.29. The van der Waals surface area contributed by atoms with Crippen molar-refractivity contribution in [2.24, 2.45) is 5.92 Å². The standard InChI is InChI=1S/C17H27NO2/c1-4-18-17(10-13(2)12-19-3)14-6-5-7-16(11-14)20-15-8-9-15/h5-7,11,13,15,17-18H,4,8-10,12H2,1-3H3. The maximum Gasteiger partial charge on any atom is 0.120 e. The van der Waals surface area contributed by atoms with E-state index in [1.54, 1.807) is 7.11 Å². The van der Waals surface area contributed by atoms with Gasteiger partial charge in [-0.1, -0.05) is 26.0 Å². The molecule has 1 N–H and O–H groups in total. The Morgan fingerprint density at radius 3 is 2.80 bits per heavy atom. The van der Waals surface area contributed by atoms with Gasteiger partial charge in [-0.05, 0) is 49.4 Å². The molecule has 0 aromatic heterocycles. The van der Waals surface area contributed by atoms with Gasteiger partial charge < -0.3 is 14.8 Å². The molecule has 1 saturated carbocycles. The molecule has 1 fully saturated rings. The van der Waals surface area contributed by atoms with Gasteiger partial charge in [-0.2, -0.15) is 0 Å². The van der Waals surface area contributed by atoms with Crippen molar-refractivity contribution in [1.82, 2.24) is 5.32 Å². The molecule has 3 heteroatoms. The monoisotopic (exact) mass is 277 g/mol. The van der Waals surface area contributed by atoms with E-state index < -0.39 is 0 Å². The molecule has 0 bridgehead atoms. The zero-order valence-electron chi connectivity index (χ0n) is 12.9. The molecule has 0 radical (unpaired) electrons. The van der Waals surface area contributed by atoms with Gasteiger partial charge in [0.1, 0.15) is 5.75 Å². The summed E-state index contributed by atoms with van der Waals surface area (Å²) in [5, 5.41) is 3.57. The van der Waals surface area contributed by atoms with Gasteiger partial charge in [0.25, 0.3) is 0 Å². The third-order valence-electron chi connectivity index (χ3n) is 3.63. The average molecular weight is 277 g/mol. The highest BCUT2D eigenvalue weighted by Gasteiger charge is 2.24. The van der Waals surface area contributed by atoms with Gasteiger partial charge in [0.2, 0.25) is 0 Å². The minimum Gasteiger partial charge on any atom is -0.490 e. The zero-order chi connectivity index (χ0) is 14.4. The van der Waals surface area contributed by atoms with E-state index >= 15 is 0 Å². The fraction of sp³-hybridized carbons (Fsp3) is 0.647. The topological polar surface area (TPSA) is 30.5 Å². The van der Waals surface area contributed by atoms with E-state index in [0.29, 0.717) is 18.1 Å². The second-order valence-electron chi connectivity index (χ2n) is 5.80. The summed E-state index contributed by atoms with van der Waals surface area (Å²) in [6.45, 7) is 6.16. The molecule has 0 heterocycles. The molecule has 2 unspecified atom stereocenters. The Bertz CT molecular complexity index is 404. The highest BCUT2D eigenvalue weighted by atomic mass is 16.5. The fourth-order valence-electron chi connectivity index (χ4n) is 2.52. The molecule has 1 aromatic rings. The van der Waals surface area contributed by atoms with Crippen molar-refractivity contribution in [1.29, 1.82) is 0 Å². The molecule has 1 aromatic carbocycles. The van der Waals surface area contributed by atoms with Crippen molar-refractivity contribution in [2.45, 2.75) is 45.3 Å². The normalized spacial score (nSPS) is 17.8. The lowest BCUT2D eigenvalue weighted by molar-refractivity contribution is 0.149. The summed E-state index contributed by atoms with van der Waals surface area (Å²) in [6, 6.07) is 8.90. The van der Waals surface area contributed by atoms with Gasteiger partial charge >= 0.3 is 0 Å². The number of hydrogen-bond donors (Lipinski definition) is 1. The summed E-state index contributed by atoms with van der Waals surface area (Å²) in [7, 11) is 1.77. The number of ether oxygens (including phenoxy) is 2. The van der Waals surface area contributed by atoms with Crippen LogP contribution in [0.2, 0.25) is 0 Å². The Hall–Kier alpha value is -1.06. The smallest absolute Gasteiger partial charge is 0.120 e. The predicted octanol–water partition coefficient (Wildman–Crippen LogP) is 3.55. The van der Waals surface area contributed by atoms with Crippen LogP contribution in [0.1, 0.15) is 44.7 Å². The van der Waals surface area contributed by atoms with Gasteiger partial charge in [-0.25, -0.2) is 0 Å². The summed E-state index contributed by atoms with van der Waals surface area (Å²) in [4.78, 5) is 0. The van der Waals surface area contributed by atoms with Crippen LogP contribution in [-0.2, 0) is 4.74 Å². The number of methoxy groups -OCH3 is 1. The second kappa shape index (κ2) is 7.65. The lowest BCUT2D eigenvalue weighted by atomic mass is 9.96. The molecule has 0 spiro atoms. The molecule has 20 heavy (non-hydrogen) atoms. The summed E-state index contributed by atoms with van der Waals surface area (Å²) in [6.07, 6.45) is 3.93. The first-order valence-electron chi connectivity index (χ1n) is 7.71. The van der Waals surface area contributed by atoms with Crippen LogP contribution in [-0.4, -0.2) is 26.4 Å². The summed E-state index contributed by atoms with van der Waals surface area (Å²) >= 11 is 0. The van der Waals surface area contributed by atoms with Crippen molar-refractivity contribution in [2.75, 3.05) is 20.3 Å². The Kier molecular flexibility index (Phi) is 5.86. The Morgan fingerprint density at radius 1 is 1.35 bits per heavy atom. The van der Waals surface area contributed by atoms with E-state index in [1.165, 1.54) is 18.4 Å². The molecule has 3 nitrogen and oxygen atoms in total. The van der Waals surface area contributed by atoms with Crippen LogP contribution in [0, 0.1) is 5.92 Å². The fourth-order valence-corrected chi connectivity index (χ4v) is 2.52. The number of nitrogens with one attached hydrogen (secondary N) is 1. The van der Waals surface area contributed by atoms with Crippen molar-refractivity contribution in [3.63, 3.8) is 0 Å². The van der Waals surface area contributed by atoms with Gasteiger partial charge in [-0.3, -0.25) is 0 Å². The van der Waals surface area contributed by atoms with Crippen LogP contribution in [0.3, 0.4) is 0 Å². The van der Waals surface area contributed by atoms with Crippen LogP contribution in [0.5, 0.6) is 5.75 Å². The quantitative estimate of drug-likeness (QED) is 0.749.